The van der Waals surface area contributed by atoms with Gasteiger partial charge in [-0.2, -0.15) is 5.10 Å². The quantitative estimate of drug-likeness (QED) is 0.572. The van der Waals surface area contributed by atoms with E-state index < -0.39 is 5.91 Å². The highest BCUT2D eigenvalue weighted by atomic mass is 16.2. The van der Waals surface area contributed by atoms with E-state index in [-0.39, 0.29) is 17.9 Å². The van der Waals surface area contributed by atoms with E-state index in [0.717, 1.165) is 17.0 Å². The molecule has 0 bridgehead atoms. The highest BCUT2D eigenvalue weighted by Gasteiger charge is 2.16. The van der Waals surface area contributed by atoms with E-state index >= 15 is 0 Å². The monoisotopic (exact) mass is 408 g/mol. The first-order valence-electron chi connectivity index (χ1n) is 9.50. The highest BCUT2D eigenvalue weighted by Crippen LogP contribution is 2.18. The van der Waals surface area contributed by atoms with Crippen molar-refractivity contribution in [1.29, 1.82) is 0 Å². The van der Waals surface area contributed by atoms with Crippen molar-refractivity contribution in [1.82, 2.24) is 19.7 Å². The average Bonchev–Trinajstić information content (AvgIpc) is 2.98. The molecule has 4 N–H and O–H groups in total. The molecule has 2 heterocycles. The molecule has 0 spiro atoms. The lowest BCUT2D eigenvalue weighted by atomic mass is 10.1. The van der Waals surface area contributed by atoms with Crippen molar-refractivity contribution in [2.24, 2.45) is 5.73 Å². The Labute approximate surface area is 173 Å². The minimum absolute atomic E-state index is 0.161. The molecule has 2 amide bonds. The first-order chi connectivity index (χ1) is 14.2. The van der Waals surface area contributed by atoms with E-state index in [1.165, 1.54) is 0 Å². The first-order valence-corrected chi connectivity index (χ1v) is 9.50. The number of nitrogens with zero attached hydrogens (tertiary/aromatic N) is 3. The lowest BCUT2D eigenvalue weighted by molar-refractivity contribution is -0.116. The molecule has 0 saturated heterocycles. The van der Waals surface area contributed by atoms with Crippen LogP contribution in [0, 0.1) is 27.7 Å². The van der Waals surface area contributed by atoms with Gasteiger partial charge < -0.3 is 11.1 Å². The SMILES string of the molecule is Cc1nn(-c2nc(C)c(C)c(=O)[nH]2)c(C)c1CCC(=O)Nc1ccc(C(N)=O)cc1. The molecule has 0 radical (unpaired) electrons. The van der Waals surface area contributed by atoms with Crippen molar-refractivity contribution in [2.45, 2.75) is 40.5 Å². The van der Waals surface area contributed by atoms with Crippen molar-refractivity contribution in [3.8, 4) is 5.95 Å². The third-order valence-electron chi connectivity index (χ3n) is 5.08. The molecule has 0 aliphatic carbocycles. The fraction of sp³-hybridized carbons (Fsp3) is 0.286. The molecule has 0 saturated carbocycles. The molecule has 0 aliphatic rings. The zero-order valence-electron chi connectivity index (χ0n) is 17.4. The molecule has 3 rings (SSSR count). The second kappa shape index (κ2) is 8.32. The Bertz CT molecular complexity index is 1170. The Morgan fingerprint density at radius 2 is 1.77 bits per heavy atom. The smallest absolute Gasteiger partial charge is 0.255 e. The highest BCUT2D eigenvalue weighted by molar-refractivity contribution is 5.94. The maximum Gasteiger partial charge on any atom is 0.255 e. The normalized spacial score (nSPS) is 10.8. The van der Waals surface area contributed by atoms with Crippen LogP contribution >= 0.6 is 0 Å². The van der Waals surface area contributed by atoms with Crippen LogP contribution in [0.3, 0.4) is 0 Å². The molecule has 3 aromatic rings. The van der Waals surface area contributed by atoms with Gasteiger partial charge in [0.25, 0.3) is 5.56 Å². The van der Waals surface area contributed by atoms with Gasteiger partial charge in [0.1, 0.15) is 0 Å². The largest absolute Gasteiger partial charge is 0.366 e. The molecule has 2 aromatic heterocycles. The van der Waals surface area contributed by atoms with Gasteiger partial charge in [0.05, 0.1) is 5.69 Å². The third-order valence-corrected chi connectivity index (χ3v) is 5.08. The van der Waals surface area contributed by atoms with Crippen LogP contribution in [0.15, 0.2) is 29.1 Å². The number of rotatable bonds is 6. The molecule has 9 nitrogen and oxygen atoms in total. The Balaban J connectivity index is 1.72. The molecule has 0 unspecified atom stereocenters. The molecule has 0 atom stereocenters. The number of primary amides is 1. The predicted molar refractivity (Wildman–Crippen MR) is 113 cm³/mol. The van der Waals surface area contributed by atoms with Gasteiger partial charge in [0, 0.05) is 34.6 Å². The number of nitrogens with two attached hydrogens (primary N) is 1. The first kappa shape index (κ1) is 21.0. The van der Waals surface area contributed by atoms with Crippen LogP contribution in [0.2, 0.25) is 0 Å². The number of aromatic amines is 1. The summed E-state index contributed by atoms with van der Waals surface area (Å²) in [6, 6.07) is 6.39. The van der Waals surface area contributed by atoms with Crippen LogP contribution in [0.4, 0.5) is 5.69 Å². The van der Waals surface area contributed by atoms with Crippen molar-refractivity contribution < 1.29 is 9.59 Å². The van der Waals surface area contributed by atoms with Gasteiger partial charge in [-0.25, -0.2) is 9.67 Å². The van der Waals surface area contributed by atoms with Crippen molar-refractivity contribution in [3.63, 3.8) is 0 Å². The number of carbonyl (C=O) groups excluding carboxylic acids is 2. The number of anilines is 1. The molecule has 0 aliphatic heterocycles. The van der Waals surface area contributed by atoms with E-state index in [9.17, 15) is 14.4 Å². The number of carbonyl (C=O) groups is 2. The van der Waals surface area contributed by atoms with E-state index in [1.807, 2.05) is 13.8 Å². The fourth-order valence-electron chi connectivity index (χ4n) is 3.15. The van der Waals surface area contributed by atoms with Gasteiger partial charge in [-0.3, -0.25) is 19.4 Å². The van der Waals surface area contributed by atoms with Crippen molar-refractivity contribution in [2.75, 3.05) is 5.32 Å². The summed E-state index contributed by atoms with van der Waals surface area (Å²) in [5, 5.41) is 7.29. The standard InChI is InChI=1S/C21H24N6O3/c1-11-12(2)23-21(25-20(11)30)27-14(4)17(13(3)26-27)9-10-18(28)24-16-7-5-15(6-8-16)19(22)29/h5-8H,9-10H2,1-4H3,(H2,22,29)(H,24,28)(H,23,25,30). The summed E-state index contributed by atoms with van der Waals surface area (Å²) < 4.78 is 1.60. The summed E-state index contributed by atoms with van der Waals surface area (Å²) in [6.07, 6.45) is 0.736. The van der Waals surface area contributed by atoms with Gasteiger partial charge >= 0.3 is 0 Å². The molecule has 9 heteroatoms. The molecular weight excluding hydrogens is 384 g/mol. The van der Waals surface area contributed by atoms with Gasteiger partial charge in [-0.15, -0.1) is 0 Å². The van der Waals surface area contributed by atoms with Crippen LogP contribution in [0.5, 0.6) is 0 Å². The zero-order chi connectivity index (χ0) is 22.0. The van der Waals surface area contributed by atoms with E-state index in [2.05, 4.69) is 20.4 Å². The number of hydrogen-bond acceptors (Lipinski definition) is 5. The van der Waals surface area contributed by atoms with Gasteiger partial charge in [-0.1, -0.05) is 0 Å². The average molecular weight is 408 g/mol. The summed E-state index contributed by atoms with van der Waals surface area (Å²) in [4.78, 5) is 42.7. The lowest BCUT2D eigenvalue weighted by Gasteiger charge is -2.07. The second-order valence-electron chi connectivity index (χ2n) is 7.15. The summed E-state index contributed by atoms with van der Waals surface area (Å²) in [5.74, 6) is -0.324. The van der Waals surface area contributed by atoms with Crippen molar-refractivity contribution in [3.05, 3.63) is 68.4 Å². The maximum atomic E-state index is 12.3. The van der Waals surface area contributed by atoms with Crippen molar-refractivity contribution >= 4 is 17.5 Å². The number of hydrogen-bond donors (Lipinski definition) is 3. The maximum absolute atomic E-state index is 12.3. The Morgan fingerprint density at radius 3 is 2.37 bits per heavy atom. The Kier molecular flexibility index (Phi) is 5.81. The van der Waals surface area contributed by atoms with Crippen LogP contribution in [0.1, 0.15) is 45.0 Å². The third kappa shape index (κ3) is 4.29. The molecular formula is C21H24N6O3. The zero-order valence-corrected chi connectivity index (χ0v) is 17.4. The minimum Gasteiger partial charge on any atom is -0.366 e. The van der Waals surface area contributed by atoms with Crippen LogP contribution in [0.25, 0.3) is 5.95 Å². The molecule has 0 fully saturated rings. The van der Waals surface area contributed by atoms with E-state index in [4.69, 9.17) is 5.73 Å². The van der Waals surface area contributed by atoms with Crippen LogP contribution in [-0.2, 0) is 11.2 Å². The van der Waals surface area contributed by atoms with E-state index in [0.29, 0.717) is 34.9 Å². The van der Waals surface area contributed by atoms with E-state index in [1.54, 1.807) is 42.8 Å². The Morgan fingerprint density at radius 1 is 1.10 bits per heavy atom. The number of benzene rings is 1. The second-order valence-corrected chi connectivity index (χ2v) is 7.15. The fourth-order valence-corrected chi connectivity index (χ4v) is 3.15. The minimum atomic E-state index is -0.518. The van der Waals surface area contributed by atoms with Gasteiger partial charge in [0.15, 0.2) is 0 Å². The topological polar surface area (TPSA) is 136 Å². The number of aromatic nitrogens is 4. The number of aryl methyl sites for hydroxylation is 2. The lowest BCUT2D eigenvalue weighted by Crippen LogP contribution is -2.18. The molecule has 30 heavy (non-hydrogen) atoms. The molecule has 1 aromatic carbocycles. The molecule has 156 valence electrons. The number of nitrogens with one attached hydrogen (secondary N) is 2. The van der Waals surface area contributed by atoms with Gasteiger partial charge in [-0.05, 0) is 63.9 Å². The number of amides is 2. The van der Waals surface area contributed by atoms with Crippen LogP contribution < -0.4 is 16.6 Å². The summed E-state index contributed by atoms with van der Waals surface area (Å²) in [7, 11) is 0. The summed E-state index contributed by atoms with van der Waals surface area (Å²) >= 11 is 0. The Hall–Kier alpha value is -3.75. The summed E-state index contributed by atoms with van der Waals surface area (Å²) in [6.45, 7) is 7.24. The predicted octanol–water partition coefficient (Wildman–Crippen LogP) is 1.86. The van der Waals surface area contributed by atoms with Crippen LogP contribution in [-0.4, -0.2) is 31.6 Å². The van der Waals surface area contributed by atoms with Gasteiger partial charge in [0.2, 0.25) is 17.8 Å². The number of H-pyrrole nitrogens is 1. The summed E-state index contributed by atoms with van der Waals surface area (Å²) in [5.41, 5.74) is 9.71.